The van der Waals surface area contributed by atoms with Crippen molar-refractivity contribution in [1.82, 2.24) is 0 Å². The quantitative estimate of drug-likeness (QED) is 0.512. The molecule has 1 aliphatic heterocycles. The number of nitrogens with zero attached hydrogens (tertiary/aromatic N) is 1. The van der Waals surface area contributed by atoms with E-state index in [1.807, 2.05) is 0 Å². The van der Waals surface area contributed by atoms with E-state index in [1.165, 1.54) is 19.2 Å². The van der Waals surface area contributed by atoms with Crippen molar-refractivity contribution in [1.29, 1.82) is 0 Å². The van der Waals surface area contributed by atoms with Gasteiger partial charge in [0.15, 0.2) is 0 Å². The highest BCUT2D eigenvalue weighted by Crippen LogP contribution is 2.37. The number of carbonyl (C=O) groups is 2. The third kappa shape index (κ3) is 3.87. The van der Waals surface area contributed by atoms with Crippen LogP contribution in [0.1, 0.15) is 5.56 Å². The van der Waals surface area contributed by atoms with Gasteiger partial charge in [0.2, 0.25) is 0 Å². The summed E-state index contributed by atoms with van der Waals surface area (Å²) in [5.74, 6) is -1.40. The number of methoxy groups -OCH3 is 1. The zero-order chi connectivity index (χ0) is 22.1. The predicted molar refractivity (Wildman–Crippen MR) is 119 cm³/mol. The molecule has 1 aliphatic rings. The van der Waals surface area contributed by atoms with Gasteiger partial charge in [-0.1, -0.05) is 53.5 Å². The Morgan fingerprint density at radius 2 is 1.68 bits per heavy atom. The standard InChI is InChI=1S/C23H15Cl2FN2O3/c1-31-19-10-7-14(24)11-18(19)27-21-20(13-5-3-2-4-6-13)22(29)28(23(21)30)15-8-9-17(26)16(25)12-15/h2-12,27H,1H3. The van der Waals surface area contributed by atoms with Gasteiger partial charge in [-0.25, -0.2) is 9.29 Å². The second-order valence-electron chi connectivity index (χ2n) is 6.63. The molecule has 1 heterocycles. The van der Waals surface area contributed by atoms with Crippen molar-refractivity contribution in [2.45, 2.75) is 0 Å². The number of imide groups is 1. The lowest BCUT2D eigenvalue weighted by atomic mass is 10.0. The van der Waals surface area contributed by atoms with Crippen molar-refractivity contribution in [3.8, 4) is 5.75 Å². The number of benzene rings is 3. The van der Waals surface area contributed by atoms with Crippen LogP contribution in [0.15, 0.2) is 72.4 Å². The fourth-order valence-electron chi connectivity index (χ4n) is 3.29. The molecule has 0 atom stereocenters. The van der Waals surface area contributed by atoms with E-state index in [0.29, 0.717) is 22.0 Å². The highest BCUT2D eigenvalue weighted by molar-refractivity contribution is 6.46. The summed E-state index contributed by atoms with van der Waals surface area (Å²) in [6.07, 6.45) is 0. The van der Waals surface area contributed by atoms with Crippen LogP contribution in [-0.4, -0.2) is 18.9 Å². The molecule has 0 unspecified atom stereocenters. The number of rotatable bonds is 5. The minimum atomic E-state index is -0.650. The predicted octanol–water partition coefficient (Wildman–Crippen LogP) is 5.54. The number of hydrogen-bond donors (Lipinski definition) is 1. The topological polar surface area (TPSA) is 58.6 Å². The number of halogens is 3. The van der Waals surface area contributed by atoms with E-state index >= 15 is 0 Å². The van der Waals surface area contributed by atoms with Crippen LogP contribution < -0.4 is 15.0 Å². The van der Waals surface area contributed by atoms with Crippen molar-refractivity contribution < 1.29 is 18.7 Å². The van der Waals surface area contributed by atoms with E-state index in [9.17, 15) is 14.0 Å². The Morgan fingerprint density at radius 3 is 2.35 bits per heavy atom. The van der Waals surface area contributed by atoms with Crippen LogP contribution in [0.5, 0.6) is 5.75 Å². The highest BCUT2D eigenvalue weighted by atomic mass is 35.5. The molecular weight excluding hydrogens is 442 g/mol. The summed E-state index contributed by atoms with van der Waals surface area (Å²) in [4.78, 5) is 27.7. The SMILES string of the molecule is COc1ccc(Cl)cc1NC1=C(c2ccccc2)C(=O)N(c2ccc(F)c(Cl)c2)C1=O. The Morgan fingerprint density at radius 1 is 0.935 bits per heavy atom. The Balaban J connectivity index is 1.85. The van der Waals surface area contributed by atoms with Gasteiger partial charge in [0.25, 0.3) is 11.8 Å². The summed E-state index contributed by atoms with van der Waals surface area (Å²) < 4.78 is 19.0. The fraction of sp³-hybridized carbons (Fsp3) is 0.0435. The largest absolute Gasteiger partial charge is 0.495 e. The lowest BCUT2D eigenvalue weighted by Gasteiger charge is -2.16. The number of nitrogens with one attached hydrogen (secondary N) is 1. The smallest absolute Gasteiger partial charge is 0.282 e. The van der Waals surface area contributed by atoms with Crippen molar-refractivity contribution in [3.63, 3.8) is 0 Å². The Labute approximate surface area is 187 Å². The van der Waals surface area contributed by atoms with Gasteiger partial charge in [-0.3, -0.25) is 9.59 Å². The average molecular weight is 457 g/mol. The maximum atomic E-state index is 13.6. The molecule has 156 valence electrons. The molecule has 0 fully saturated rings. The molecule has 3 aromatic rings. The summed E-state index contributed by atoms with van der Waals surface area (Å²) in [5, 5.41) is 3.23. The first-order valence-corrected chi connectivity index (χ1v) is 9.90. The number of amides is 2. The summed E-state index contributed by atoms with van der Waals surface area (Å²) in [5.41, 5.74) is 1.31. The maximum Gasteiger partial charge on any atom is 0.282 e. The molecule has 0 saturated carbocycles. The Kier molecular flexibility index (Phi) is 5.67. The molecular formula is C23H15Cl2FN2O3. The van der Waals surface area contributed by atoms with Crippen molar-refractivity contribution >= 4 is 52.0 Å². The first-order valence-electron chi connectivity index (χ1n) is 9.15. The Hall–Kier alpha value is -3.35. The molecule has 2 amide bonds. The molecule has 0 radical (unpaired) electrons. The monoisotopic (exact) mass is 456 g/mol. The van der Waals surface area contributed by atoms with Crippen LogP contribution in [0.3, 0.4) is 0 Å². The Bertz CT molecular complexity index is 1230. The molecule has 3 aromatic carbocycles. The summed E-state index contributed by atoms with van der Waals surface area (Å²) in [6.45, 7) is 0. The summed E-state index contributed by atoms with van der Waals surface area (Å²) in [7, 11) is 1.48. The molecule has 8 heteroatoms. The van der Waals surface area contributed by atoms with Crippen molar-refractivity contribution in [3.05, 3.63) is 93.9 Å². The molecule has 0 bridgehead atoms. The van der Waals surface area contributed by atoms with Gasteiger partial charge >= 0.3 is 0 Å². The van der Waals surface area contributed by atoms with Crippen LogP contribution in [0.4, 0.5) is 15.8 Å². The first-order chi connectivity index (χ1) is 14.9. The normalized spacial score (nSPS) is 13.7. The van der Waals surface area contributed by atoms with Gasteiger partial charge in [0.1, 0.15) is 17.3 Å². The molecule has 0 spiro atoms. The number of ether oxygens (including phenoxy) is 1. The lowest BCUT2D eigenvalue weighted by molar-refractivity contribution is -0.120. The minimum absolute atomic E-state index is 0.0391. The fourth-order valence-corrected chi connectivity index (χ4v) is 3.64. The third-order valence-corrected chi connectivity index (χ3v) is 5.25. The second kappa shape index (κ2) is 8.41. The van der Waals surface area contributed by atoms with Crippen molar-refractivity contribution in [2.75, 3.05) is 17.3 Å². The van der Waals surface area contributed by atoms with E-state index < -0.39 is 17.6 Å². The molecule has 0 saturated heterocycles. The van der Waals surface area contributed by atoms with E-state index in [1.54, 1.807) is 48.5 Å². The molecule has 1 N–H and O–H groups in total. The molecule has 0 aliphatic carbocycles. The van der Waals surface area contributed by atoms with Crippen LogP contribution in [0, 0.1) is 5.82 Å². The van der Waals surface area contributed by atoms with Crippen LogP contribution in [0.2, 0.25) is 10.0 Å². The lowest BCUT2D eigenvalue weighted by Crippen LogP contribution is -2.32. The number of anilines is 2. The molecule has 0 aromatic heterocycles. The molecule has 31 heavy (non-hydrogen) atoms. The van der Waals surface area contributed by atoms with E-state index in [0.717, 1.165) is 11.0 Å². The highest BCUT2D eigenvalue weighted by Gasteiger charge is 2.40. The average Bonchev–Trinajstić information content (AvgIpc) is 3.00. The van der Waals surface area contributed by atoms with E-state index in [4.69, 9.17) is 27.9 Å². The van der Waals surface area contributed by atoms with Crippen LogP contribution in [0.25, 0.3) is 5.57 Å². The first kappa shape index (κ1) is 20.9. The molecule has 5 nitrogen and oxygen atoms in total. The zero-order valence-electron chi connectivity index (χ0n) is 16.2. The van der Waals surface area contributed by atoms with E-state index in [-0.39, 0.29) is 22.0 Å². The summed E-state index contributed by atoms with van der Waals surface area (Å²) >= 11 is 12.0. The van der Waals surface area contributed by atoms with Gasteiger partial charge in [0.05, 0.1) is 29.1 Å². The minimum Gasteiger partial charge on any atom is -0.495 e. The van der Waals surface area contributed by atoms with Crippen LogP contribution >= 0.6 is 23.2 Å². The van der Waals surface area contributed by atoms with E-state index in [2.05, 4.69) is 5.32 Å². The van der Waals surface area contributed by atoms with Gasteiger partial charge in [0, 0.05) is 5.02 Å². The van der Waals surface area contributed by atoms with Crippen molar-refractivity contribution in [2.24, 2.45) is 0 Å². The van der Waals surface area contributed by atoms with Gasteiger partial charge in [-0.05, 0) is 42.0 Å². The van der Waals surface area contributed by atoms with Gasteiger partial charge in [-0.2, -0.15) is 0 Å². The third-order valence-electron chi connectivity index (χ3n) is 4.73. The second-order valence-corrected chi connectivity index (χ2v) is 7.47. The maximum absolute atomic E-state index is 13.6. The summed E-state index contributed by atoms with van der Waals surface area (Å²) in [6, 6.07) is 17.3. The van der Waals surface area contributed by atoms with Crippen LogP contribution in [-0.2, 0) is 9.59 Å². The number of carbonyl (C=O) groups excluding carboxylic acids is 2. The molecule has 4 rings (SSSR count). The zero-order valence-corrected chi connectivity index (χ0v) is 17.7. The van der Waals surface area contributed by atoms with Gasteiger partial charge < -0.3 is 10.1 Å². The number of hydrogen-bond acceptors (Lipinski definition) is 4. The van der Waals surface area contributed by atoms with Gasteiger partial charge in [-0.15, -0.1) is 0 Å².